The van der Waals surface area contributed by atoms with Gasteiger partial charge in [-0.25, -0.2) is 0 Å². The highest BCUT2D eigenvalue weighted by molar-refractivity contribution is 5.20. The molecule has 2 nitrogen and oxygen atoms in total. The van der Waals surface area contributed by atoms with Crippen molar-refractivity contribution in [3.8, 4) is 5.75 Å². The minimum atomic E-state index is 0.329. The highest BCUT2D eigenvalue weighted by Gasteiger charge is 2.22. The molecule has 1 atom stereocenters. The number of hydrogen-bond donors (Lipinski definition) is 1. The van der Waals surface area contributed by atoms with Crippen molar-refractivity contribution >= 4 is 0 Å². The average molecular weight is 277 g/mol. The summed E-state index contributed by atoms with van der Waals surface area (Å²) >= 11 is 0. The van der Waals surface area contributed by atoms with Crippen molar-refractivity contribution in [3.63, 3.8) is 0 Å². The van der Waals surface area contributed by atoms with Crippen molar-refractivity contribution in [2.24, 2.45) is 5.41 Å². The van der Waals surface area contributed by atoms with Gasteiger partial charge in [-0.1, -0.05) is 45.9 Å². The molecule has 0 amide bonds. The summed E-state index contributed by atoms with van der Waals surface area (Å²) in [5.74, 6) is 0.976. The lowest BCUT2D eigenvalue weighted by Crippen LogP contribution is -2.40. The third-order valence-corrected chi connectivity index (χ3v) is 3.59. The minimum Gasteiger partial charge on any atom is -0.494 e. The molecule has 0 heterocycles. The van der Waals surface area contributed by atoms with Crippen molar-refractivity contribution in [3.05, 3.63) is 30.3 Å². The van der Waals surface area contributed by atoms with Crippen molar-refractivity contribution in [2.75, 3.05) is 13.2 Å². The number of unbranched alkanes of at least 4 members (excludes halogenated alkanes) is 1. The van der Waals surface area contributed by atoms with E-state index in [4.69, 9.17) is 4.74 Å². The molecule has 1 aromatic carbocycles. The van der Waals surface area contributed by atoms with Gasteiger partial charge in [-0.05, 0) is 49.8 Å². The molecule has 20 heavy (non-hydrogen) atoms. The standard InChI is InChI=1S/C18H31NO/c1-5-14-19-17(18(2,3)4)13-9-10-15-20-16-11-7-6-8-12-16/h6-8,11-12,17,19H,5,9-10,13-15H2,1-4H3. The molecule has 0 aliphatic heterocycles. The van der Waals surface area contributed by atoms with E-state index >= 15 is 0 Å². The van der Waals surface area contributed by atoms with Crippen molar-refractivity contribution < 1.29 is 4.74 Å². The Morgan fingerprint density at radius 3 is 2.40 bits per heavy atom. The van der Waals surface area contributed by atoms with Crippen molar-refractivity contribution in [2.45, 2.75) is 59.4 Å². The van der Waals surface area contributed by atoms with Crippen LogP contribution in [0.3, 0.4) is 0 Å². The number of para-hydroxylation sites is 1. The molecule has 1 rings (SSSR count). The molecular weight excluding hydrogens is 246 g/mol. The van der Waals surface area contributed by atoms with Crippen LogP contribution in [0, 0.1) is 5.41 Å². The van der Waals surface area contributed by atoms with E-state index in [1.54, 1.807) is 0 Å². The number of benzene rings is 1. The van der Waals surface area contributed by atoms with Gasteiger partial charge in [-0.15, -0.1) is 0 Å². The molecule has 1 unspecified atom stereocenters. The molecule has 1 aromatic rings. The van der Waals surface area contributed by atoms with Crippen LogP contribution in [-0.2, 0) is 0 Å². The van der Waals surface area contributed by atoms with Gasteiger partial charge in [-0.3, -0.25) is 0 Å². The Labute approximate surface area is 124 Å². The summed E-state index contributed by atoms with van der Waals surface area (Å²) in [7, 11) is 0. The molecule has 1 N–H and O–H groups in total. The number of ether oxygens (including phenoxy) is 1. The van der Waals surface area contributed by atoms with Crippen LogP contribution in [0.15, 0.2) is 30.3 Å². The van der Waals surface area contributed by atoms with E-state index in [-0.39, 0.29) is 0 Å². The Balaban J connectivity index is 2.20. The normalized spacial score (nSPS) is 13.2. The molecule has 0 fully saturated rings. The molecule has 0 radical (unpaired) electrons. The summed E-state index contributed by atoms with van der Waals surface area (Å²) in [5, 5.41) is 3.68. The third-order valence-electron chi connectivity index (χ3n) is 3.59. The van der Waals surface area contributed by atoms with Crippen molar-refractivity contribution in [1.29, 1.82) is 0 Å². The molecule has 0 bridgehead atoms. The topological polar surface area (TPSA) is 21.3 Å². The first-order valence-electron chi connectivity index (χ1n) is 7.95. The van der Waals surface area contributed by atoms with E-state index < -0.39 is 0 Å². The first kappa shape index (κ1) is 17.0. The highest BCUT2D eigenvalue weighted by atomic mass is 16.5. The van der Waals surface area contributed by atoms with Crippen LogP contribution in [0.5, 0.6) is 5.75 Å². The second kappa shape index (κ2) is 9.02. The first-order valence-corrected chi connectivity index (χ1v) is 7.95. The molecular formula is C18H31NO. The van der Waals surface area contributed by atoms with E-state index in [2.05, 4.69) is 33.0 Å². The summed E-state index contributed by atoms with van der Waals surface area (Å²) in [6.07, 6.45) is 4.76. The molecule has 0 aliphatic carbocycles. The van der Waals surface area contributed by atoms with Crippen molar-refractivity contribution in [1.82, 2.24) is 5.32 Å². The summed E-state index contributed by atoms with van der Waals surface area (Å²) in [4.78, 5) is 0. The number of nitrogens with one attached hydrogen (secondary N) is 1. The van der Waals surface area contributed by atoms with Gasteiger partial charge >= 0.3 is 0 Å². The van der Waals surface area contributed by atoms with Crippen LogP contribution < -0.4 is 10.1 Å². The Kier molecular flexibility index (Phi) is 7.68. The highest BCUT2D eigenvalue weighted by Crippen LogP contribution is 2.23. The second-order valence-electron chi connectivity index (χ2n) is 6.53. The van der Waals surface area contributed by atoms with Crippen LogP contribution in [0.25, 0.3) is 0 Å². The monoisotopic (exact) mass is 277 g/mol. The summed E-state index contributed by atoms with van der Waals surface area (Å²) in [5.41, 5.74) is 0.329. The maximum Gasteiger partial charge on any atom is 0.119 e. The molecule has 0 saturated heterocycles. The van der Waals surface area contributed by atoms with Crippen LogP contribution in [0.1, 0.15) is 53.4 Å². The van der Waals surface area contributed by atoms with Crippen LogP contribution in [0.2, 0.25) is 0 Å². The zero-order valence-electron chi connectivity index (χ0n) is 13.6. The largest absolute Gasteiger partial charge is 0.494 e. The van der Waals surface area contributed by atoms with Crippen LogP contribution >= 0.6 is 0 Å². The minimum absolute atomic E-state index is 0.329. The number of hydrogen-bond acceptors (Lipinski definition) is 2. The second-order valence-corrected chi connectivity index (χ2v) is 6.53. The molecule has 0 saturated carbocycles. The Bertz CT molecular complexity index is 342. The Morgan fingerprint density at radius 1 is 1.10 bits per heavy atom. The zero-order valence-corrected chi connectivity index (χ0v) is 13.6. The van der Waals surface area contributed by atoms with Gasteiger partial charge in [0.05, 0.1) is 6.61 Å². The van der Waals surface area contributed by atoms with Gasteiger partial charge in [0.2, 0.25) is 0 Å². The van der Waals surface area contributed by atoms with Gasteiger partial charge in [0.25, 0.3) is 0 Å². The smallest absolute Gasteiger partial charge is 0.119 e. The third kappa shape index (κ3) is 6.95. The quantitative estimate of drug-likeness (QED) is 0.663. The number of rotatable bonds is 9. The first-order chi connectivity index (χ1) is 9.54. The van der Waals surface area contributed by atoms with Gasteiger partial charge in [0.15, 0.2) is 0 Å². The lowest BCUT2D eigenvalue weighted by molar-refractivity contribution is 0.239. The molecule has 0 spiro atoms. The molecule has 2 heteroatoms. The summed E-state index contributed by atoms with van der Waals surface area (Å²) in [6.45, 7) is 11.1. The average Bonchev–Trinajstić information content (AvgIpc) is 2.41. The SMILES string of the molecule is CCCNC(CCCCOc1ccccc1)C(C)(C)C. The van der Waals surface area contributed by atoms with E-state index in [1.165, 1.54) is 19.3 Å². The summed E-state index contributed by atoms with van der Waals surface area (Å²) in [6, 6.07) is 10.7. The predicted molar refractivity (Wildman–Crippen MR) is 87.3 cm³/mol. The fraction of sp³-hybridized carbons (Fsp3) is 0.667. The van der Waals surface area contributed by atoms with Gasteiger partial charge in [-0.2, -0.15) is 0 Å². The molecule has 0 aromatic heterocycles. The lowest BCUT2D eigenvalue weighted by atomic mass is 9.83. The molecule has 114 valence electrons. The van der Waals surface area contributed by atoms with Gasteiger partial charge in [0.1, 0.15) is 5.75 Å². The van der Waals surface area contributed by atoms with Crippen LogP contribution in [-0.4, -0.2) is 19.2 Å². The fourth-order valence-electron chi connectivity index (χ4n) is 2.32. The van der Waals surface area contributed by atoms with Gasteiger partial charge < -0.3 is 10.1 Å². The van der Waals surface area contributed by atoms with E-state index in [9.17, 15) is 0 Å². The molecule has 0 aliphatic rings. The lowest BCUT2D eigenvalue weighted by Gasteiger charge is -2.32. The summed E-state index contributed by atoms with van der Waals surface area (Å²) < 4.78 is 5.73. The van der Waals surface area contributed by atoms with E-state index in [1.807, 2.05) is 30.3 Å². The maximum atomic E-state index is 5.73. The van der Waals surface area contributed by atoms with Gasteiger partial charge in [0, 0.05) is 6.04 Å². The zero-order chi connectivity index (χ0) is 14.8. The predicted octanol–water partition coefficient (Wildman–Crippen LogP) is 4.65. The maximum absolute atomic E-state index is 5.73. The van der Waals surface area contributed by atoms with Crippen LogP contribution in [0.4, 0.5) is 0 Å². The van der Waals surface area contributed by atoms with E-state index in [0.29, 0.717) is 11.5 Å². The fourth-order valence-corrected chi connectivity index (χ4v) is 2.32. The Morgan fingerprint density at radius 2 is 1.80 bits per heavy atom. The van der Waals surface area contributed by atoms with E-state index in [0.717, 1.165) is 25.3 Å². The Hall–Kier alpha value is -1.02.